The number of aliphatic hydroxyl groups is 1. The average Bonchev–Trinajstić information content (AvgIpc) is 3.12. The minimum absolute atomic E-state index is 0.0440. The zero-order valence-electron chi connectivity index (χ0n) is 14.1. The van der Waals surface area contributed by atoms with E-state index < -0.39 is 0 Å². The van der Waals surface area contributed by atoms with Gasteiger partial charge in [0.1, 0.15) is 6.10 Å². The standard InChI is InChI=1S/C10H16O3.C8H14O2/c1-3-7-12-9-5-4-6-10(9)13-8(2)11;1-2-6-10-8-5-3-4-7(8)9/h3,9-10H,1,4-7H2,2H3;2,7-9H,1,3-6H2/t9-,10-;7-,8-/m11/s1. The molecule has 2 aliphatic rings. The van der Waals surface area contributed by atoms with Gasteiger partial charge < -0.3 is 19.3 Å². The van der Waals surface area contributed by atoms with Gasteiger partial charge in [-0.2, -0.15) is 0 Å². The van der Waals surface area contributed by atoms with Gasteiger partial charge in [0.05, 0.1) is 31.5 Å². The summed E-state index contributed by atoms with van der Waals surface area (Å²) in [7, 11) is 0. The van der Waals surface area contributed by atoms with E-state index in [-0.39, 0.29) is 30.4 Å². The molecule has 2 rings (SSSR count). The summed E-state index contributed by atoms with van der Waals surface area (Å²) in [4.78, 5) is 10.7. The number of aliphatic hydroxyl groups excluding tert-OH is 1. The molecule has 1 N–H and O–H groups in total. The maximum Gasteiger partial charge on any atom is 0.302 e. The summed E-state index contributed by atoms with van der Waals surface area (Å²) in [5.41, 5.74) is 0. The fourth-order valence-electron chi connectivity index (χ4n) is 2.91. The third-order valence-electron chi connectivity index (χ3n) is 3.98. The molecule has 0 aromatic carbocycles. The van der Waals surface area contributed by atoms with Crippen LogP contribution in [0.2, 0.25) is 0 Å². The van der Waals surface area contributed by atoms with Crippen LogP contribution in [0.15, 0.2) is 25.3 Å². The van der Waals surface area contributed by atoms with Crippen LogP contribution in [0.25, 0.3) is 0 Å². The molecular formula is C18H30O5. The summed E-state index contributed by atoms with van der Waals surface area (Å²) in [5, 5.41) is 9.26. The summed E-state index contributed by atoms with van der Waals surface area (Å²) in [5.74, 6) is -0.223. The van der Waals surface area contributed by atoms with Crippen molar-refractivity contribution in [1.29, 1.82) is 0 Å². The lowest BCUT2D eigenvalue weighted by Gasteiger charge is -2.18. The first-order valence-electron chi connectivity index (χ1n) is 8.38. The normalized spacial score (nSPS) is 29.5. The van der Waals surface area contributed by atoms with E-state index in [0.29, 0.717) is 13.2 Å². The lowest BCUT2D eigenvalue weighted by atomic mass is 10.2. The van der Waals surface area contributed by atoms with Gasteiger partial charge in [-0.3, -0.25) is 4.79 Å². The molecule has 5 nitrogen and oxygen atoms in total. The maximum absolute atomic E-state index is 10.7. The SMILES string of the molecule is C=CCO[C@@H]1CCC[C@H]1O.C=CCO[C@@H]1CCC[C@H]1OC(C)=O. The molecule has 23 heavy (non-hydrogen) atoms. The highest BCUT2D eigenvalue weighted by Crippen LogP contribution is 2.25. The molecule has 0 aromatic heterocycles. The van der Waals surface area contributed by atoms with Gasteiger partial charge in [-0.1, -0.05) is 12.2 Å². The summed E-state index contributed by atoms with van der Waals surface area (Å²) in [6.45, 7) is 9.64. The molecular weight excluding hydrogens is 296 g/mol. The first-order valence-corrected chi connectivity index (χ1v) is 8.38. The number of carbonyl (C=O) groups is 1. The largest absolute Gasteiger partial charge is 0.460 e. The van der Waals surface area contributed by atoms with E-state index in [2.05, 4.69) is 13.2 Å². The van der Waals surface area contributed by atoms with E-state index in [9.17, 15) is 9.90 Å². The first-order chi connectivity index (χ1) is 11.1. The Kier molecular flexibility index (Phi) is 9.83. The van der Waals surface area contributed by atoms with E-state index in [1.54, 1.807) is 12.2 Å². The predicted molar refractivity (Wildman–Crippen MR) is 89.1 cm³/mol. The molecule has 132 valence electrons. The van der Waals surface area contributed by atoms with Crippen molar-refractivity contribution in [1.82, 2.24) is 0 Å². The van der Waals surface area contributed by atoms with Crippen LogP contribution in [-0.2, 0) is 19.0 Å². The van der Waals surface area contributed by atoms with Crippen LogP contribution < -0.4 is 0 Å². The van der Waals surface area contributed by atoms with Crippen molar-refractivity contribution in [3.05, 3.63) is 25.3 Å². The van der Waals surface area contributed by atoms with Crippen LogP contribution in [0.3, 0.4) is 0 Å². The van der Waals surface area contributed by atoms with Crippen molar-refractivity contribution >= 4 is 5.97 Å². The van der Waals surface area contributed by atoms with E-state index in [1.807, 2.05) is 0 Å². The highest BCUT2D eigenvalue weighted by Gasteiger charge is 2.30. The van der Waals surface area contributed by atoms with Crippen LogP contribution in [0.5, 0.6) is 0 Å². The van der Waals surface area contributed by atoms with E-state index in [0.717, 1.165) is 38.5 Å². The van der Waals surface area contributed by atoms with Crippen LogP contribution in [0, 0.1) is 0 Å². The van der Waals surface area contributed by atoms with Crippen LogP contribution in [0.4, 0.5) is 0 Å². The number of esters is 1. The number of ether oxygens (including phenoxy) is 3. The van der Waals surface area contributed by atoms with Gasteiger partial charge in [0.2, 0.25) is 0 Å². The van der Waals surface area contributed by atoms with E-state index >= 15 is 0 Å². The van der Waals surface area contributed by atoms with Crippen LogP contribution in [-0.4, -0.2) is 48.7 Å². The zero-order chi connectivity index (χ0) is 17.1. The molecule has 2 fully saturated rings. The number of hydrogen-bond donors (Lipinski definition) is 1. The molecule has 0 bridgehead atoms. The van der Waals surface area contributed by atoms with Gasteiger partial charge in [-0.25, -0.2) is 0 Å². The van der Waals surface area contributed by atoms with Crippen molar-refractivity contribution in [2.24, 2.45) is 0 Å². The van der Waals surface area contributed by atoms with Crippen molar-refractivity contribution < 1.29 is 24.1 Å². The molecule has 0 spiro atoms. The van der Waals surface area contributed by atoms with E-state index in [1.165, 1.54) is 6.92 Å². The monoisotopic (exact) mass is 326 g/mol. The molecule has 2 saturated carbocycles. The predicted octanol–water partition coefficient (Wildman–Crippen LogP) is 2.78. The van der Waals surface area contributed by atoms with Crippen molar-refractivity contribution in [3.63, 3.8) is 0 Å². The Bertz CT molecular complexity index is 368. The minimum atomic E-state index is -0.236. The molecule has 0 aromatic rings. The van der Waals surface area contributed by atoms with Gasteiger partial charge in [0.15, 0.2) is 0 Å². The van der Waals surface area contributed by atoms with Gasteiger partial charge in [-0.05, 0) is 38.5 Å². The highest BCUT2D eigenvalue weighted by molar-refractivity contribution is 5.66. The van der Waals surface area contributed by atoms with Gasteiger partial charge in [0, 0.05) is 6.92 Å². The zero-order valence-corrected chi connectivity index (χ0v) is 14.1. The molecule has 0 unspecified atom stereocenters. The Morgan fingerprint density at radius 1 is 1.00 bits per heavy atom. The second kappa shape index (κ2) is 11.4. The minimum Gasteiger partial charge on any atom is -0.460 e. The van der Waals surface area contributed by atoms with Crippen molar-refractivity contribution in [2.45, 2.75) is 69.9 Å². The molecule has 2 aliphatic carbocycles. The molecule has 0 heterocycles. The lowest BCUT2D eigenvalue weighted by Crippen LogP contribution is -2.27. The molecule has 0 aliphatic heterocycles. The summed E-state index contributed by atoms with van der Waals surface area (Å²) >= 11 is 0. The average molecular weight is 326 g/mol. The van der Waals surface area contributed by atoms with Gasteiger partial charge >= 0.3 is 5.97 Å². The number of hydrogen-bond acceptors (Lipinski definition) is 5. The third kappa shape index (κ3) is 7.77. The molecule has 0 amide bonds. The Hall–Kier alpha value is -1.17. The Morgan fingerprint density at radius 3 is 2.04 bits per heavy atom. The van der Waals surface area contributed by atoms with Crippen LogP contribution in [0.1, 0.15) is 45.4 Å². The summed E-state index contributed by atoms with van der Waals surface area (Å²) in [6, 6.07) is 0. The Labute approximate surface area is 139 Å². The first kappa shape index (κ1) is 19.9. The molecule has 4 atom stereocenters. The third-order valence-corrected chi connectivity index (χ3v) is 3.98. The lowest BCUT2D eigenvalue weighted by molar-refractivity contribution is -0.152. The Morgan fingerprint density at radius 2 is 1.52 bits per heavy atom. The van der Waals surface area contributed by atoms with Crippen molar-refractivity contribution in [3.8, 4) is 0 Å². The van der Waals surface area contributed by atoms with Crippen LogP contribution >= 0.6 is 0 Å². The van der Waals surface area contributed by atoms with Gasteiger partial charge in [-0.15, -0.1) is 13.2 Å². The fourth-order valence-corrected chi connectivity index (χ4v) is 2.91. The molecule has 5 heteroatoms. The molecule has 0 saturated heterocycles. The fraction of sp³-hybridized carbons (Fsp3) is 0.722. The van der Waals surface area contributed by atoms with Crippen molar-refractivity contribution in [2.75, 3.05) is 13.2 Å². The quantitative estimate of drug-likeness (QED) is 0.576. The van der Waals surface area contributed by atoms with E-state index in [4.69, 9.17) is 14.2 Å². The summed E-state index contributed by atoms with van der Waals surface area (Å²) in [6.07, 6.45) is 9.22. The topological polar surface area (TPSA) is 65.0 Å². The number of carbonyl (C=O) groups excluding carboxylic acids is 1. The Balaban J connectivity index is 0.000000238. The smallest absolute Gasteiger partial charge is 0.302 e. The number of rotatable bonds is 7. The highest BCUT2D eigenvalue weighted by atomic mass is 16.6. The maximum atomic E-state index is 10.7. The second-order valence-corrected chi connectivity index (χ2v) is 5.90. The second-order valence-electron chi connectivity index (χ2n) is 5.90. The molecule has 0 radical (unpaired) electrons. The van der Waals surface area contributed by atoms with Gasteiger partial charge in [0.25, 0.3) is 0 Å². The summed E-state index contributed by atoms with van der Waals surface area (Å²) < 4.78 is 15.9.